The third kappa shape index (κ3) is 4.23. The topological polar surface area (TPSA) is 54.0 Å². The normalized spacial score (nSPS) is 19.0. The zero-order valence-corrected chi connectivity index (χ0v) is 15.1. The van der Waals surface area contributed by atoms with Gasteiger partial charge in [-0.3, -0.25) is 9.78 Å². The summed E-state index contributed by atoms with van der Waals surface area (Å²) in [5, 5.41) is 6.49. The van der Waals surface area contributed by atoms with Crippen LogP contribution in [0.4, 0.5) is 5.69 Å². The number of anilines is 1. The molecule has 0 spiro atoms. The maximum Gasteiger partial charge on any atom is 0.229 e. The first-order chi connectivity index (χ1) is 13.3. The Morgan fingerprint density at radius 1 is 1.00 bits per heavy atom. The summed E-state index contributed by atoms with van der Waals surface area (Å²) in [5.74, 6) is 0.380. The largest absolute Gasteiger partial charge is 0.326 e. The third-order valence-corrected chi connectivity index (χ3v) is 5.14. The molecule has 2 atom stereocenters. The van der Waals surface area contributed by atoms with Gasteiger partial charge in [0, 0.05) is 30.2 Å². The molecule has 3 aromatic rings. The van der Waals surface area contributed by atoms with Crippen molar-refractivity contribution in [1.82, 2.24) is 10.3 Å². The fraction of sp³-hybridized carbons (Fsp3) is 0.217. The summed E-state index contributed by atoms with van der Waals surface area (Å²) in [5.41, 5.74) is 4.19. The van der Waals surface area contributed by atoms with Gasteiger partial charge in [0.2, 0.25) is 5.91 Å². The van der Waals surface area contributed by atoms with Crippen LogP contribution in [0.5, 0.6) is 0 Å². The molecule has 27 heavy (non-hydrogen) atoms. The van der Waals surface area contributed by atoms with E-state index in [0.717, 1.165) is 36.3 Å². The molecule has 2 N–H and O–H groups in total. The molecule has 0 radical (unpaired) electrons. The molecule has 1 amide bonds. The molecular formula is C23H23N3O. The number of carbonyl (C=O) groups excluding carboxylic acids is 1. The van der Waals surface area contributed by atoms with Crippen LogP contribution in [-0.4, -0.2) is 24.0 Å². The highest BCUT2D eigenvalue weighted by molar-refractivity contribution is 5.93. The first-order valence-electron chi connectivity index (χ1n) is 9.35. The van der Waals surface area contributed by atoms with Crippen LogP contribution in [0.15, 0.2) is 79.1 Å². The van der Waals surface area contributed by atoms with Gasteiger partial charge in [-0.25, -0.2) is 0 Å². The average molecular weight is 357 g/mol. The quantitative estimate of drug-likeness (QED) is 0.731. The van der Waals surface area contributed by atoms with Crippen molar-refractivity contribution in [2.75, 3.05) is 18.4 Å². The fourth-order valence-corrected chi connectivity index (χ4v) is 3.72. The van der Waals surface area contributed by atoms with E-state index in [9.17, 15) is 4.79 Å². The van der Waals surface area contributed by atoms with Crippen LogP contribution in [0, 0.1) is 11.8 Å². The SMILES string of the molecule is O=C(Nc1cccc(-c2cccnc2)c1)[C@@H]1CNC[C@H]1Cc1ccccc1. The van der Waals surface area contributed by atoms with Crippen molar-refractivity contribution in [3.63, 3.8) is 0 Å². The summed E-state index contributed by atoms with van der Waals surface area (Å²) in [6, 6.07) is 22.3. The average Bonchev–Trinajstić information content (AvgIpc) is 3.18. The van der Waals surface area contributed by atoms with Gasteiger partial charge in [0.15, 0.2) is 0 Å². The lowest BCUT2D eigenvalue weighted by Crippen LogP contribution is -2.29. The lowest BCUT2D eigenvalue weighted by atomic mass is 9.89. The van der Waals surface area contributed by atoms with E-state index in [1.807, 2.05) is 48.7 Å². The maximum absolute atomic E-state index is 12.9. The molecule has 0 saturated carbocycles. The van der Waals surface area contributed by atoms with Crippen molar-refractivity contribution in [3.8, 4) is 11.1 Å². The zero-order valence-electron chi connectivity index (χ0n) is 15.1. The number of nitrogens with zero attached hydrogens (tertiary/aromatic N) is 1. The molecule has 1 aliphatic rings. The number of hydrogen-bond acceptors (Lipinski definition) is 3. The van der Waals surface area contributed by atoms with Crippen LogP contribution in [0.1, 0.15) is 5.56 Å². The molecule has 1 aliphatic heterocycles. The van der Waals surface area contributed by atoms with E-state index in [2.05, 4.69) is 39.9 Å². The van der Waals surface area contributed by atoms with Crippen molar-refractivity contribution in [1.29, 1.82) is 0 Å². The molecule has 4 rings (SSSR count). The predicted molar refractivity (Wildman–Crippen MR) is 108 cm³/mol. The lowest BCUT2D eigenvalue weighted by Gasteiger charge is -2.18. The molecule has 136 valence electrons. The van der Waals surface area contributed by atoms with Crippen LogP contribution in [0.3, 0.4) is 0 Å². The second-order valence-electron chi connectivity index (χ2n) is 7.03. The van der Waals surface area contributed by atoms with Gasteiger partial charge in [0.25, 0.3) is 0 Å². The molecule has 2 aromatic carbocycles. The Labute approximate surface area is 159 Å². The first-order valence-corrected chi connectivity index (χ1v) is 9.35. The van der Waals surface area contributed by atoms with Crippen molar-refractivity contribution < 1.29 is 4.79 Å². The Bertz CT molecular complexity index is 896. The lowest BCUT2D eigenvalue weighted by molar-refractivity contribution is -0.120. The van der Waals surface area contributed by atoms with E-state index in [4.69, 9.17) is 0 Å². The van der Waals surface area contributed by atoms with Gasteiger partial charge in [-0.15, -0.1) is 0 Å². The highest BCUT2D eigenvalue weighted by Crippen LogP contribution is 2.25. The molecule has 1 aromatic heterocycles. The van der Waals surface area contributed by atoms with Crippen molar-refractivity contribution in [2.45, 2.75) is 6.42 Å². The number of hydrogen-bond donors (Lipinski definition) is 2. The van der Waals surface area contributed by atoms with Gasteiger partial charge < -0.3 is 10.6 Å². The summed E-state index contributed by atoms with van der Waals surface area (Å²) in [6.45, 7) is 1.61. The van der Waals surface area contributed by atoms with Crippen molar-refractivity contribution in [2.24, 2.45) is 11.8 Å². The summed E-state index contributed by atoms with van der Waals surface area (Å²) >= 11 is 0. The van der Waals surface area contributed by atoms with E-state index in [1.54, 1.807) is 6.20 Å². The van der Waals surface area contributed by atoms with Crippen molar-refractivity contribution >= 4 is 11.6 Å². The fourth-order valence-electron chi connectivity index (χ4n) is 3.72. The van der Waals surface area contributed by atoms with E-state index < -0.39 is 0 Å². The molecule has 0 bridgehead atoms. The van der Waals surface area contributed by atoms with Gasteiger partial charge in [-0.05, 0) is 48.2 Å². The number of aromatic nitrogens is 1. The van der Waals surface area contributed by atoms with Crippen LogP contribution in [0.2, 0.25) is 0 Å². The Morgan fingerprint density at radius 3 is 2.67 bits per heavy atom. The molecule has 1 saturated heterocycles. The predicted octanol–water partition coefficient (Wildman–Crippen LogP) is 3.77. The van der Waals surface area contributed by atoms with E-state index in [1.165, 1.54) is 5.56 Å². The minimum absolute atomic E-state index is 0.0211. The zero-order chi connectivity index (χ0) is 18.5. The molecule has 2 heterocycles. The monoisotopic (exact) mass is 357 g/mol. The number of rotatable bonds is 5. The first kappa shape index (κ1) is 17.4. The number of benzene rings is 2. The third-order valence-electron chi connectivity index (χ3n) is 5.14. The molecule has 4 heteroatoms. The Kier molecular flexibility index (Phi) is 5.26. The van der Waals surface area contributed by atoms with E-state index in [-0.39, 0.29) is 11.8 Å². The number of pyridine rings is 1. The number of nitrogens with one attached hydrogen (secondary N) is 2. The summed E-state index contributed by atoms with van der Waals surface area (Å²) in [7, 11) is 0. The Hall–Kier alpha value is -2.98. The van der Waals surface area contributed by atoms with Gasteiger partial charge in [0.05, 0.1) is 5.92 Å². The minimum Gasteiger partial charge on any atom is -0.326 e. The van der Waals surface area contributed by atoms with Gasteiger partial charge in [-0.1, -0.05) is 48.5 Å². The number of amides is 1. The van der Waals surface area contributed by atoms with E-state index in [0.29, 0.717) is 5.92 Å². The molecule has 1 fully saturated rings. The Morgan fingerprint density at radius 2 is 1.85 bits per heavy atom. The minimum atomic E-state index is -0.0211. The summed E-state index contributed by atoms with van der Waals surface area (Å²) in [4.78, 5) is 17.1. The second-order valence-corrected chi connectivity index (χ2v) is 7.03. The van der Waals surface area contributed by atoms with Crippen LogP contribution in [0.25, 0.3) is 11.1 Å². The molecule has 4 nitrogen and oxygen atoms in total. The second kappa shape index (κ2) is 8.14. The van der Waals surface area contributed by atoms with Crippen LogP contribution < -0.4 is 10.6 Å². The molecular weight excluding hydrogens is 334 g/mol. The summed E-state index contributed by atoms with van der Waals surface area (Å²) < 4.78 is 0. The van der Waals surface area contributed by atoms with Gasteiger partial charge in [-0.2, -0.15) is 0 Å². The highest BCUT2D eigenvalue weighted by atomic mass is 16.1. The summed E-state index contributed by atoms with van der Waals surface area (Å²) in [6.07, 6.45) is 4.51. The Balaban J connectivity index is 1.45. The van der Waals surface area contributed by atoms with E-state index >= 15 is 0 Å². The van der Waals surface area contributed by atoms with Gasteiger partial charge >= 0.3 is 0 Å². The van der Waals surface area contributed by atoms with Crippen LogP contribution >= 0.6 is 0 Å². The van der Waals surface area contributed by atoms with Gasteiger partial charge in [0.1, 0.15) is 0 Å². The van der Waals surface area contributed by atoms with Crippen molar-refractivity contribution in [3.05, 3.63) is 84.7 Å². The molecule has 0 unspecified atom stereocenters. The maximum atomic E-state index is 12.9. The smallest absolute Gasteiger partial charge is 0.229 e. The standard InChI is InChI=1S/C23H23N3O/c27-23(22-16-25-15-20(22)12-17-6-2-1-3-7-17)26-21-10-4-8-18(13-21)19-9-5-11-24-14-19/h1-11,13-14,20,22,25H,12,15-16H2,(H,26,27)/t20-,22-/m1/s1. The van der Waals surface area contributed by atoms with Crippen LogP contribution in [-0.2, 0) is 11.2 Å². The number of carbonyl (C=O) groups is 1. The highest BCUT2D eigenvalue weighted by Gasteiger charge is 2.32. The molecule has 0 aliphatic carbocycles.